The van der Waals surface area contributed by atoms with Crippen LogP contribution in [0.1, 0.15) is 44.0 Å². The molecule has 4 heteroatoms. The van der Waals surface area contributed by atoms with E-state index in [2.05, 4.69) is 48.7 Å². The predicted molar refractivity (Wildman–Crippen MR) is 112 cm³/mol. The number of aromatic carboxylic acids is 1. The fraction of sp³-hybridized carbons (Fsp3) is 0.167. The molecule has 0 bridgehead atoms. The van der Waals surface area contributed by atoms with Crippen LogP contribution in [0.4, 0.5) is 0 Å². The van der Waals surface area contributed by atoms with E-state index in [1.54, 1.807) is 12.1 Å². The molecule has 0 saturated heterocycles. The Morgan fingerprint density at radius 2 is 1.61 bits per heavy atom. The van der Waals surface area contributed by atoms with Crippen LogP contribution in [0.2, 0.25) is 0 Å². The highest BCUT2D eigenvalue weighted by molar-refractivity contribution is 5.92. The van der Waals surface area contributed by atoms with Crippen LogP contribution in [0.5, 0.6) is 0 Å². The van der Waals surface area contributed by atoms with Gasteiger partial charge in [-0.05, 0) is 86.4 Å². The van der Waals surface area contributed by atoms with Crippen molar-refractivity contribution in [3.8, 4) is 11.8 Å². The molecule has 0 aliphatic carbocycles. The molecule has 1 heterocycles. The molecule has 28 heavy (non-hydrogen) atoms. The summed E-state index contributed by atoms with van der Waals surface area (Å²) in [6.45, 7) is 8.28. The van der Waals surface area contributed by atoms with Gasteiger partial charge in [-0.3, -0.25) is 0 Å². The van der Waals surface area contributed by atoms with Gasteiger partial charge in [0.15, 0.2) is 0 Å². The van der Waals surface area contributed by atoms with Crippen LogP contribution in [0.15, 0.2) is 48.5 Å². The number of hydrogen-bond acceptors (Lipinski definition) is 2. The molecule has 0 aliphatic heterocycles. The average Bonchev–Trinajstić information content (AvgIpc) is 2.95. The Bertz CT molecular complexity index is 1130. The molecule has 0 atom stereocenters. The number of carbonyl (C=O) groups is 1. The van der Waals surface area contributed by atoms with Crippen LogP contribution < -0.4 is 0 Å². The van der Waals surface area contributed by atoms with Gasteiger partial charge in [0, 0.05) is 17.1 Å². The highest BCUT2D eigenvalue weighted by Gasteiger charge is 2.12. The molecule has 0 unspecified atom stereocenters. The standard InChI is InChI=1S/C24H22N2O2/c1-15-5-10-23(11-16(15)2)26-17(3)12-21(18(26)4)13-22(14-25)19-6-8-20(9-7-19)24(27)28/h5-13H,1-4H3,(H,27,28)/b22-13-. The second-order valence-corrected chi connectivity index (χ2v) is 6.98. The van der Waals surface area contributed by atoms with E-state index >= 15 is 0 Å². The Hall–Kier alpha value is -3.58. The van der Waals surface area contributed by atoms with Crippen LogP contribution in [-0.4, -0.2) is 15.6 Å². The van der Waals surface area contributed by atoms with Gasteiger partial charge < -0.3 is 9.67 Å². The first-order valence-electron chi connectivity index (χ1n) is 9.04. The number of carboxylic acids is 1. The lowest BCUT2D eigenvalue weighted by Crippen LogP contribution is -2.00. The molecule has 0 fully saturated rings. The Morgan fingerprint density at radius 3 is 2.18 bits per heavy atom. The highest BCUT2D eigenvalue weighted by Crippen LogP contribution is 2.26. The van der Waals surface area contributed by atoms with E-state index in [0.717, 1.165) is 22.6 Å². The van der Waals surface area contributed by atoms with E-state index in [0.29, 0.717) is 11.1 Å². The van der Waals surface area contributed by atoms with Crippen LogP contribution in [0, 0.1) is 39.0 Å². The fourth-order valence-electron chi connectivity index (χ4n) is 3.32. The molecule has 2 aromatic carbocycles. The third-order valence-corrected chi connectivity index (χ3v) is 5.08. The maximum absolute atomic E-state index is 11.0. The van der Waals surface area contributed by atoms with Crippen LogP contribution in [-0.2, 0) is 0 Å². The lowest BCUT2D eigenvalue weighted by atomic mass is 10.0. The Kier molecular flexibility index (Phi) is 5.19. The molecule has 140 valence electrons. The summed E-state index contributed by atoms with van der Waals surface area (Å²) in [5.74, 6) is -0.981. The first-order valence-corrected chi connectivity index (χ1v) is 9.04. The number of rotatable bonds is 4. The lowest BCUT2D eigenvalue weighted by Gasteiger charge is -2.12. The minimum Gasteiger partial charge on any atom is -0.478 e. The summed E-state index contributed by atoms with van der Waals surface area (Å²) in [4.78, 5) is 11.0. The maximum Gasteiger partial charge on any atom is 0.335 e. The first kappa shape index (κ1) is 19.2. The van der Waals surface area contributed by atoms with E-state index in [1.807, 2.05) is 19.9 Å². The van der Waals surface area contributed by atoms with Crippen molar-refractivity contribution in [3.05, 3.63) is 87.7 Å². The summed E-state index contributed by atoms with van der Waals surface area (Å²) >= 11 is 0. The number of aromatic nitrogens is 1. The number of nitriles is 1. The SMILES string of the molecule is Cc1ccc(-n2c(C)cc(/C=C(/C#N)c3ccc(C(=O)O)cc3)c2C)cc1C. The number of benzene rings is 2. The smallest absolute Gasteiger partial charge is 0.335 e. The zero-order valence-electron chi connectivity index (χ0n) is 16.4. The molecule has 1 aromatic heterocycles. The molecule has 0 spiro atoms. The largest absolute Gasteiger partial charge is 0.478 e. The monoisotopic (exact) mass is 370 g/mol. The van der Waals surface area contributed by atoms with Crippen molar-refractivity contribution in [1.29, 1.82) is 5.26 Å². The van der Waals surface area contributed by atoms with Crippen molar-refractivity contribution in [3.63, 3.8) is 0 Å². The van der Waals surface area contributed by atoms with Crippen molar-refractivity contribution in [2.24, 2.45) is 0 Å². The van der Waals surface area contributed by atoms with Crippen LogP contribution in [0.3, 0.4) is 0 Å². The maximum atomic E-state index is 11.0. The summed E-state index contributed by atoms with van der Waals surface area (Å²) in [6.07, 6.45) is 1.86. The van der Waals surface area contributed by atoms with Gasteiger partial charge in [0.1, 0.15) is 0 Å². The van der Waals surface area contributed by atoms with Crippen molar-refractivity contribution < 1.29 is 9.90 Å². The van der Waals surface area contributed by atoms with Gasteiger partial charge in [0.25, 0.3) is 0 Å². The second-order valence-electron chi connectivity index (χ2n) is 6.98. The Morgan fingerprint density at radius 1 is 0.964 bits per heavy atom. The quantitative estimate of drug-likeness (QED) is 0.619. The van der Waals surface area contributed by atoms with E-state index < -0.39 is 5.97 Å². The fourth-order valence-corrected chi connectivity index (χ4v) is 3.32. The first-order chi connectivity index (χ1) is 13.3. The summed E-state index contributed by atoms with van der Waals surface area (Å²) in [5, 5.41) is 18.7. The van der Waals surface area contributed by atoms with Gasteiger partial charge in [-0.2, -0.15) is 5.26 Å². The van der Waals surface area contributed by atoms with Gasteiger partial charge in [-0.25, -0.2) is 4.79 Å². The Labute approximate surface area is 165 Å². The van der Waals surface area contributed by atoms with E-state index in [4.69, 9.17) is 5.11 Å². The van der Waals surface area contributed by atoms with Gasteiger partial charge in [-0.15, -0.1) is 0 Å². The summed E-state index contributed by atoms with van der Waals surface area (Å²) in [5.41, 5.74) is 8.09. The number of aryl methyl sites for hydroxylation is 3. The molecule has 0 saturated carbocycles. The highest BCUT2D eigenvalue weighted by atomic mass is 16.4. The molecule has 0 aliphatic rings. The van der Waals surface area contributed by atoms with Crippen molar-refractivity contribution in [2.45, 2.75) is 27.7 Å². The van der Waals surface area contributed by atoms with Crippen molar-refractivity contribution >= 4 is 17.6 Å². The topological polar surface area (TPSA) is 66.0 Å². The molecule has 3 rings (SSSR count). The summed E-state index contributed by atoms with van der Waals surface area (Å²) < 4.78 is 2.18. The zero-order valence-corrected chi connectivity index (χ0v) is 16.4. The number of carboxylic acid groups (broad SMARTS) is 1. The minimum atomic E-state index is -0.981. The number of allylic oxidation sites excluding steroid dienone is 1. The zero-order chi connectivity index (χ0) is 20.4. The van der Waals surface area contributed by atoms with Crippen molar-refractivity contribution in [2.75, 3.05) is 0 Å². The van der Waals surface area contributed by atoms with Gasteiger partial charge in [0.05, 0.1) is 17.2 Å². The molecule has 0 amide bonds. The molecule has 0 radical (unpaired) electrons. The number of hydrogen-bond donors (Lipinski definition) is 1. The second kappa shape index (κ2) is 7.58. The third-order valence-electron chi connectivity index (χ3n) is 5.08. The van der Waals surface area contributed by atoms with Crippen molar-refractivity contribution in [1.82, 2.24) is 4.57 Å². The minimum absolute atomic E-state index is 0.203. The molecule has 4 nitrogen and oxygen atoms in total. The van der Waals surface area contributed by atoms with E-state index in [1.165, 1.54) is 23.3 Å². The normalized spacial score (nSPS) is 11.3. The van der Waals surface area contributed by atoms with E-state index in [-0.39, 0.29) is 5.56 Å². The number of nitrogens with zero attached hydrogens (tertiary/aromatic N) is 2. The predicted octanol–water partition coefficient (Wildman–Crippen LogP) is 5.47. The van der Waals surface area contributed by atoms with Gasteiger partial charge in [0.2, 0.25) is 0 Å². The Balaban J connectivity index is 2.05. The molecular formula is C24H22N2O2. The van der Waals surface area contributed by atoms with Crippen LogP contribution >= 0.6 is 0 Å². The van der Waals surface area contributed by atoms with Gasteiger partial charge in [-0.1, -0.05) is 18.2 Å². The van der Waals surface area contributed by atoms with E-state index in [9.17, 15) is 10.1 Å². The van der Waals surface area contributed by atoms with Crippen LogP contribution in [0.25, 0.3) is 17.3 Å². The molecule has 1 N–H and O–H groups in total. The lowest BCUT2D eigenvalue weighted by molar-refractivity contribution is 0.0697. The molecular weight excluding hydrogens is 348 g/mol. The summed E-state index contributed by atoms with van der Waals surface area (Å²) in [6, 6.07) is 17.0. The summed E-state index contributed by atoms with van der Waals surface area (Å²) in [7, 11) is 0. The molecule has 3 aromatic rings. The third kappa shape index (κ3) is 3.60. The average molecular weight is 370 g/mol. The van der Waals surface area contributed by atoms with Gasteiger partial charge >= 0.3 is 5.97 Å².